The number of rotatable bonds is 4. The molecule has 4 aromatic rings. The van der Waals surface area contributed by atoms with Crippen molar-refractivity contribution in [2.45, 2.75) is 51.6 Å². The van der Waals surface area contributed by atoms with Crippen LogP contribution in [0.1, 0.15) is 55.0 Å². The number of pyridine rings is 1. The summed E-state index contributed by atoms with van der Waals surface area (Å²) in [5.74, 6) is 1.76. The number of nitrogens with zero attached hydrogens (tertiary/aromatic N) is 3. The van der Waals surface area contributed by atoms with Crippen LogP contribution in [0, 0.1) is 13.8 Å². The first kappa shape index (κ1) is 19.3. The fourth-order valence-electron chi connectivity index (χ4n) is 4.48. The first-order valence-electron chi connectivity index (χ1n) is 10.1. The third-order valence-corrected chi connectivity index (χ3v) is 6.55. The normalized spacial score (nSPS) is 15.7. The van der Waals surface area contributed by atoms with Crippen molar-refractivity contribution in [1.29, 1.82) is 0 Å². The summed E-state index contributed by atoms with van der Waals surface area (Å²) in [7, 11) is 0. The lowest BCUT2D eigenvalue weighted by atomic mass is 9.91. The molecule has 0 radical (unpaired) electrons. The van der Waals surface area contributed by atoms with Gasteiger partial charge in [0.25, 0.3) is 0 Å². The highest BCUT2D eigenvalue weighted by atomic mass is 35.5. The topological polar surface area (TPSA) is 63.6 Å². The van der Waals surface area contributed by atoms with Gasteiger partial charge in [-0.3, -0.25) is 4.40 Å². The predicted octanol–water partition coefficient (Wildman–Crippen LogP) is 5.57. The first-order chi connectivity index (χ1) is 14.2. The van der Waals surface area contributed by atoms with Crippen LogP contribution in [0.25, 0.3) is 16.8 Å². The van der Waals surface area contributed by atoms with Crippen molar-refractivity contribution in [3.63, 3.8) is 0 Å². The fourth-order valence-corrected chi connectivity index (χ4v) is 4.69. The highest BCUT2D eigenvalue weighted by molar-refractivity contribution is 6.33. The molecule has 0 spiro atoms. The summed E-state index contributed by atoms with van der Waals surface area (Å²) < 4.78 is 7.63. The molecule has 0 saturated heterocycles. The van der Waals surface area contributed by atoms with Crippen molar-refractivity contribution >= 4 is 17.2 Å². The molecule has 5 nitrogen and oxygen atoms in total. The molecule has 5 rings (SSSR count). The molecule has 3 heterocycles. The van der Waals surface area contributed by atoms with E-state index in [1.165, 1.54) is 5.56 Å². The van der Waals surface area contributed by atoms with E-state index in [1.807, 2.05) is 42.6 Å². The van der Waals surface area contributed by atoms with Gasteiger partial charge in [0.05, 0.1) is 17.3 Å². The molecule has 1 aromatic carbocycles. The van der Waals surface area contributed by atoms with E-state index in [9.17, 15) is 5.11 Å². The second-order valence-electron chi connectivity index (χ2n) is 8.82. The monoisotopic (exact) mass is 421 g/mol. The van der Waals surface area contributed by atoms with E-state index in [-0.39, 0.29) is 5.41 Å². The Hall–Kier alpha value is -2.63. The summed E-state index contributed by atoms with van der Waals surface area (Å²) in [6.07, 6.45) is 5.72. The van der Waals surface area contributed by atoms with Crippen molar-refractivity contribution in [2.24, 2.45) is 0 Å². The summed E-state index contributed by atoms with van der Waals surface area (Å²) in [5, 5.41) is 20.3. The first-order valence-corrected chi connectivity index (χ1v) is 10.5. The SMILES string of the molecule is Cc1coc(C)c1-c1cc(C2(c3nnc4c(C(C)(C)O)cccn34)CC2)ccc1Cl. The van der Waals surface area contributed by atoms with E-state index in [2.05, 4.69) is 22.3 Å². The van der Waals surface area contributed by atoms with E-state index >= 15 is 0 Å². The smallest absolute Gasteiger partial charge is 0.166 e. The van der Waals surface area contributed by atoms with Crippen LogP contribution in [0.3, 0.4) is 0 Å². The largest absolute Gasteiger partial charge is 0.469 e. The third-order valence-electron chi connectivity index (χ3n) is 6.22. The minimum atomic E-state index is -0.993. The molecule has 1 aliphatic rings. The Labute approximate surface area is 180 Å². The number of furan rings is 1. The predicted molar refractivity (Wildman–Crippen MR) is 117 cm³/mol. The van der Waals surface area contributed by atoms with Crippen LogP contribution in [0.15, 0.2) is 47.2 Å². The van der Waals surface area contributed by atoms with Gasteiger partial charge in [-0.25, -0.2) is 0 Å². The zero-order valence-corrected chi connectivity index (χ0v) is 18.3. The lowest BCUT2D eigenvalue weighted by molar-refractivity contribution is 0.0796. The van der Waals surface area contributed by atoms with Gasteiger partial charge in [0.2, 0.25) is 0 Å². The van der Waals surface area contributed by atoms with Crippen LogP contribution < -0.4 is 0 Å². The van der Waals surface area contributed by atoms with E-state index in [0.29, 0.717) is 10.7 Å². The van der Waals surface area contributed by atoms with E-state index in [1.54, 1.807) is 20.1 Å². The third kappa shape index (κ3) is 2.80. The molecule has 6 heteroatoms. The molecule has 0 aliphatic heterocycles. The van der Waals surface area contributed by atoms with Gasteiger partial charge >= 0.3 is 0 Å². The van der Waals surface area contributed by atoms with Crippen LogP contribution >= 0.6 is 11.6 Å². The van der Waals surface area contributed by atoms with E-state index in [4.69, 9.17) is 16.0 Å². The lowest BCUT2D eigenvalue weighted by Crippen LogP contribution is -2.18. The Morgan fingerprint density at radius 3 is 2.57 bits per heavy atom. The van der Waals surface area contributed by atoms with Gasteiger partial charge in [0.1, 0.15) is 11.6 Å². The number of hydrogen-bond acceptors (Lipinski definition) is 4. The molecule has 154 valence electrons. The Bertz CT molecular complexity index is 1260. The summed E-state index contributed by atoms with van der Waals surface area (Å²) >= 11 is 6.59. The van der Waals surface area contributed by atoms with Gasteiger partial charge in [-0.2, -0.15) is 0 Å². The molecule has 1 saturated carbocycles. The van der Waals surface area contributed by atoms with Crippen LogP contribution in [-0.4, -0.2) is 19.7 Å². The molecule has 0 amide bonds. The maximum atomic E-state index is 10.6. The zero-order valence-electron chi connectivity index (χ0n) is 17.5. The molecule has 3 aromatic heterocycles. The number of halogens is 1. The molecule has 0 atom stereocenters. The van der Waals surface area contributed by atoms with Crippen LogP contribution in [0.2, 0.25) is 5.02 Å². The molecule has 1 fully saturated rings. The van der Waals surface area contributed by atoms with Gasteiger partial charge < -0.3 is 9.52 Å². The number of benzene rings is 1. The van der Waals surface area contributed by atoms with Gasteiger partial charge in [0.15, 0.2) is 5.65 Å². The van der Waals surface area contributed by atoms with Crippen molar-refractivity contribution in [1.82, 2.24) is 14.6 Å². The Kier molecular flexibility index (Phi) is 4.15. The summed E-state index contributed by atoms with van der Waals surface area (Å²) in [6, 6.07) is 10.1. The minimum absolute atomic E-state index is 0.206. The quantitative estimate of drug-likeness (QED) is 0.468. The van der Waals surface area contributed by atoms with Crippen LogP contribution in [-0.2, 0) is 11.0 Å². The second kappa shape index (κ2) is 6.43. The van der Waals surface area contributed by atoms with E-state index < -0.39 is 5.60 Å². The molecule has 0 unspecified atom stereocenters. The fraction of sp³-hybridized carbons (Fsp3) is 0.333. The maximum absolute atomic E-state index is 10.6. The standard InChI is InChI=1S/C24H24ClN3O2/c1-14-13-30-15(2)20(14)17-12-16(7-8-19(17)25)24(9-10-24)22-27-26-21-18(23(3,4)29)6-5-11-28(21)22/h5-8,11-13,29H,9-10H2,1-4H3. The summed E-state index contributed by atoms with van der Waals surface area (Å²) in [6.45, 7) is 7.53. The van der Waals surface area contributed by atoms with Gasteiger partial charge in [-0.15, -0.1) is 10.2 Å². The summed E-state index contributed by atoms with van der Waals surface area (Å²) in [5.41, 5.74) is 4.53. The average molecular weight is 422 g/mol. The Morgan fingerprint density at radius 2 is 1.93 bits per heavy atom. The van der Waals surface area contributed by atoms with Crippen molar-refractivity contribution in [2.75, 3.05) is 0 Å². The highest BCUT2D eigenvalue weighted by Crippen LogP contribution is 2.54. The highest BCUT2D eigenvalue weighted by Gasteiger charge is 2.50. The Morgan fingerprint density at radius 1 is 1.17 bits per heavy atom. The second-order valence-corrected chi connectivity index (χ2v) is 9.23. The maximum Gasteiger partial charge on any atom is 0.166 e. The number of aromatic nitrogens is 3. The van der Waals surface area contributed by atoms with Gasteiger partial charge in [-0.1, -0.05) is 23.7 Å². The van der Waals surface area contributed by atoms with Crippen molar-refractivity contribution in [3.05, 3.63) is 76.1 Å². The molecule has 1 N–H and O–H groups in total. The van der Waals surface area contributed by atoms with E-state index in [0.717, 1.165) is 46.7 Å². The Balaban J connectivity index is 1.67. The number of aryl methyl sites for hydroxylation is 2. The summed E-state index contributed by atoms with van der Waals surface area (Å²) in [4.78, 5) is 0. The molecular weight excluding hydrogens is 398 g/mol. The molecule has 0 bridgehead atoms. The van der Waals surface area contributed by atoms with Crippen LogP contribution in [0.4, 0.5) is 0 Å². The van der Waals surface area contributed by atoms with Gasteiger partial charge in [-0.05, 0) is 69.9 Å². The number of fused-ring (bicyclic) bond motifs is 1. The van der Waals surface area contributed by atoms with Crippen molar-refractivity contribution < 1.29 is 9.52 Å². The van der Waals surface area contributed by atoms with Gasteiger partial charge in [0, 0.05) is 27.9 Å². The lowest BCUT2D eigenvalue weighted by Gasteiger charge is -2.19. The number of hydrogen-bond donors (Lipinski definition) is 1. The van der Waals surface area contributed by atoms with Crippen LogP contribution in [0.5, 0.6) is 0 Å². The zero-order chi connectivity index (χ0) is 21.3. The molecule has 30 heavy (non-hydrogen) atoms. The average Bonchev–Trinajstić information content (AvgIpc) is 3.27. The van der Waals surface area contributed by atoms with Crippen molar-refractivity contribution in [3.8, 4) is 11.1 Å². The minimum Gasteiger partial charge on any atom is -0.469 e. The molecular formula is C24H24ClN3O2. The number of aliphatic hydroxyl groups is 1. The molecule has 1 aliphatic carbocycles.